The van der Waals surface area contributed by atoms with E-state index in [4.69, 9.17) is 4.74 Å². The van der Waals surface area contributed by atoms with E-state index in [1.54, 1.807) is 0 Å². The second-order valence-electron chi connectivity index (χ2n) is 6.13. The van der Waals surface area contributed by atoms with Gasteiger partial charge >= 0.3 is 0 Å². The summed E-state index contributed by atoms with van der Waals surface area (Å²) in [5, 5.41) is 1.27. The first-order valence-corrected chi connectivity index (χ1v) is 8.92. The van der Waals surface area contributed by atoms with Crippen molar-refractivity contribution in [3.05, 3.63) is 54.1 Å². The third-order valence-electron chi connectivity index (χ3n) is 4.34. The monoisotopic (exact) mass is 309 g/mol. The normalized spacial score (nSPS) is 19.6. The van der Waals surface area contributed by atoms with Crippen LogP contribution >= 0.6 is 11.8 Å². The Bertz CT molecular complexity index is 867. The molecule has 0 bridgehead atoms. The van der Waals surface area contributed by atoms with Gasteiger partial charge in [0.25, 0.3) is 0 Å². The zero-order valence-electron chi connectivity index (χ0n) is 13.1. The van der Waals surface area contributed by atoms with Crippen LogP contribution in [0.15, 0.2) is 48.5 Å². The number of aromatic nitrogens is 1. The van der Waals surface area contributed by atoms with Gasteiger partial charge in [0, 0.05) is 10.9 Å². The predicted octanol–water partition coefficient (Wildman–Crippen LogP) is 5.04. The van der Waals surface area contributed by atoms with Crippen LogP contribution in [0.4, 0.5) is 0 Å². The molecule has 0 amide bonds. The van der Waals surface area contributed by atoms with Crippen LogP contribution in [0.1, 0.15) is 12.5 Å². The van der Waals surface area contributed by atoms with E-state index in [1.807, 2.05) is 11.8 Å². The summed E-state index contributed by atoms with van der Waals surface area (Å²) >= 11 is 1.81. The average Bonchev–Trinajstić information content (AvgIpc) is 2.89. The molecule has 3 aromatic rings. The number of ether oxygens (including phenoxy) is 1. The molecule has 4 rings (SSSR count). The quantitative estimate of drug-likeness (QED) is 0.658. The van der Waals surface area contributed by atoms with E-state index in [-0.39, 0.29) is 5.72 Å². The number of nitrogens with zero attached hydrogens (tertiary/aromatic N) is 1. The summed E-state index contributed by atoms with van der Waals surface area (Å²) in [4.78, 5) is 0. The van der Waals surface area contributed by atoms with Crippen molar-refractivity contribution in [2.45, 2.75) is 19.6 Å². The summed E-state index contributed by atoms with van der Waals surface area (Å²) in [5.41, 5.74) is 4.58. The van der Waals surface area contributed by atoms with E-state index in [1.165, 1.54) is 27.7 Å². The molecule has 0 spiro atoms. The standard InChI is InChI=1S/C19H19NOS/c1-13-8-9-18-15(10-13)17-11-14-6-4-5-7-16(14)20(17)19(2,21-18)12-22-3/h4-11H,12H2,1-3H3. The molecule has 0 aliphatic carbocycles. The maximum absolute atomic E-state index is 6.45. The summed E-state index contributed by atoms with van der Waals surface area (Å²) in [5.74, 6) is 1.89. The first-order valence-electron chi connectivity index (χ1n) is 7.52. The van der Waals surface area contributed by atoms with Crippen LogP contribution in [0, 0.1) is 6.92 Å². The fourth-order valence-corrected chi connectivity index (χ4v) is 4.16. The SMILES string of the molecule is CSCC1(C)Oc2ccc(C)cc2-c2cc3ccccc3n21. The number of thioether (sulfide) groups is 1. The number of aryl methyl sites for hydroxylation is 1. The van der Waals surface area contributed by atoms with Crippen molar-refractivity contribution in [3.8, 4) is 17.0 Å². The second kappa shape index (κ2) is 4.82. The van der Waals surface area contributed by atoms with Gasteiger partial charge in [0.1, 0.15) is 5.75 Å². The Hall–Kier alpha value is -1.87. The van der Waals surface area contributed by atoms with Gasteiger partial charge in [-0.2, -0.15) is 11.8 Å². The maximum atomic E-state index is 6.45. The average molecular weight is 309 g/mol. The van der Waals surface area contributed by atoms with Crippen LogP contribution in [-0.2, 0) is 5.72 Å². The van der Waals surface area contributed by atoms with Gasteiger partial charge in [-0.05, 0) is 44.4 Å². The van der Waals surface area contributed by atoms with E-state index < -0.39 is 0 Å². The molecule has 0 radical (unpaired) electrons. The van der Waals surface area contributed by atoms with Gasteiger partial charge in [0.15, 0.2) is 5.72 Å². The third-order valence-corrected chi connectivity index (χ3v) is 5.16. The van der Waals surface area contributed by atoms with Crippen LogP contribution in [0.3, 0.4) is 0 Å². The Labute approximate surface area is 135 Å². The Morgan fingerprint density at radius 2 is 1.95 bits per heavy atom. The predicted molar refractivity (Wildman–Crippen MR) is 94.8 cm³/mol. The number of fused-ring (bicyclic) bond motifs is 5. The highest BCUT2D eigenvalue weighted by atomic mass is 32.2. The lowest BCUT2D eigenvalue weighted by Gasteiger charge is -2.38. The van der Waals surface area contributed by atoms with Crippen molar-refractivity contribution < 1.29 is 4.74 Å². The van der Waals surface area contributed by atoms with E-state index in [2.05, 4.69) is 73.2 Å². The Morgan fingerprint density at radius 3 is 2.77 bits per heavy atom. The largest absolute Gasteiger partial charge is 0.466 e. The smallest absolute Gasteiger partial charge is 0.193 e. The Balaban J connectivity index is 2.08. The lowest BCUT2D eigenvalue weighted by Crippen LogP contribution is -2.41. The summed E-state index contributed by atoms with van der Waals surface area (Å²) in [7, 11) is 0. The first-order chi connectivity index (χ1) is 10.6. The molecule has 1 unspecified atom stereocenters. The third kappa shape index (κ3) is 1.88. The molecule has 0 fully saturated rings. The highest BCUT2D eigenvalue weighted by Crippen LogP contribution is 2.45. The molecule has 0 saturated carbocycles. The summed E-state index contributed by atoms with van der Waals surface area (Å²) < 4.78 is 8.81. The van der Waals surface area contributed by atoms with Crippen molar-refractivity contribution in [1.29, 1.82) is 0 Å². The van der Waals surface area contributed by atoms with Gasteiger partial charge in [0.05, 0.1) is 17.0 Å². The maximum Gasteiger partial charge on any atom is 0.193 e. The molecule has 3 heteroatoms. The van der Waals surface area contributed by atoms with Crippen LogP contribution in [0.25, 0.3) is 22.2 Å². The molecule has 1 aliphatic rings. The first kappa shape index (κ1) is 13.8. The molecule has 1 aromatic heterocycles. The van der Waals surface area contributed by atoms with Gasteiger partial charge in [-0.3, -0.25) is 0 Å². The van der Waals surface area contributed by atoms with Gasteiger partial charge < -0.3 is 9.30 Å². The number of benzene rings is 2. The number of para-hydroxylation sites is 1. The van der Waals surface area contributed by atoms with Crippen molar-refractivity contribution in [2.24, 2.45) is 0 Å². The molecule has 2 nitrogen and oxygen atoms in total. The zero-order chi connectivity index (χ0) is 15.3. The van der Waals surface area contributed by atoms with Gasteiger partial charge in [-0.1, -0.05) is 29.8 Å². The van der Waals surface area contributed by atoms with Gasteiger partial charge in [-0.15, -0.1) is 0 Å². The van der Waals surface area contributed by atoms with Crippen molar-refractivity contribution in [2.75, 3.05) is 12.0 Å². The van der Waals surface area contributed by atoms with Crippen molar-refractivity contribution in [3.63, 3.8) is 0 Å². The molecule has 0 N–H and O–H groups in total. The molecule has 0 saturated heterocycles. The highest BCUT2D eigenvalue weighted by molar-refractivity contribution is 7.98. The molecule has 2 heterocycles. The molecule has 2 aromatic carbocycles. The Morgan fingerprint density at radius 1 is 1.14 bits per heavy atom. The number of hydrogen-bond acceptors (Lipinski definition) is 2. The zero-order valence-corrected chi connectivity index (χ0v) is 13.9. The topological polar surface area (TPSA) is 14.2 Å². The molecular weight excluding hydrogens is 290 g/mol. The van der Waals surface area contributed by atoms with Crippen LogP contribution in [-0.4, -0.2) is 16.6 Å². The highest BCUT2D eigenvalue weighted by Gasteiger charge is 2.37. The van der Waals surface area contributed by atoms with E-state index in [9.17, 15) is 0 Å². The van der Waals surface area contributed by atoms with Crippen molar-refractivity contribution in [1.82, 2.24) is 4.57 Å². The summed E-state index contributed by atoms with van der Waals surface area (Å²) in [6, 6.07) is 17.3. The fourth-order valence-electron chi connectivity index (χ4n) is 3.44. The molecule has 22 heavy (non-hydrogen) atoms. The fraction of sp³-hybridized carbons (Fsp3) is 0.263. The van der Waals surface area contributed by atoms with Crippen LogP contribution < -0.4 is 4.74 Å². The summed E-state index contributed by atoms with van der Waals surface area (Å²) in [6.07, 6.45) is 2.13. The molecular formula is C19H19NOS. The van der Waals surface area contributed by atoms with Gasteiger partial charge in [0.2, 0.25) is 0 Å². The lowest BCUT2D eigenvalue weighted by molar-refractivity contribution is 0.0366. The molecule has 1 aliphatic heterocycles. The van der Waals surface area contributed by atoms with E-state index >= 15 is 0 Å². The van der Waals surface area contributed by atoms with Crippen LogP contribution in [0.2, 0.25) is 0 Å². The van der Waals surface area contributed by atoms with Crippen molar-refractivity contribution >= 4 is 22.7 Å². The minimum Gasteiger partial charge on any atom is -0.466 e. The lowest BCUT2D eigenvalue weighted by atomic mass is 10.0. The van der Waals surface area contributed by atoms with E-state index in [0.717, 1.165) is 11.5 Å². The second-order valence-corrected chi connectivity index (χ2v) is 7.00. The minimum absolute atomic E-state index is 0.361. The molecule has 1 atom stereocenters. The van der Waals surface area contributed by atoms with E-state index in [0.29, 0.717) is 0 Å². The number of rotatable bonds is 2. The number of hydrogen-bond donors (Lipinski definition) is 0. The van der Waals surface area contributed by atoms with Crippen LogP contribution in [0.5, 0.6) is 5.75 Å². The Kier molecular flexibility index (Phi) is 3.01. The summed E-state index contributed by atoms with van der Waals surface area (Å²) in [6.45, 7) is 4.31. The minimum atomic E-state index is -0.361. The molecule has 112 valence electrons. The van der Waals surface area contributed by atoms with Gasteiger partial charge in [-0.25, -0.2) is 0 Å².